The van der Waals surface area contributed by atoms with Crippen LogP contribution in [0, 0.1) is 10.1 Å². The van der Waals surface area contributed by atoms with Crippen LogP contribution >= 0.6 is 0 Å². The summed E-state index contributed by atoms with van der Waals surface area (Å²) in [6.45, 7) is 2.23. The largest absolute Gasteiger partial charge is 0.376 e. The lowest BCUT2D eigenvalue weighted by Crippen LogP contribution is -2.28. The molecule has 3 heterocycles. The standard InChI is InChI=1S/C18H23N5O5S/c24-23(25)15-5-6-17(18(10-15)29(26,27)22-7-1-2-8-22)20-14-11-19-21(12-14)13-16-4-3-9-28-16/h5-6,10-12,16,20H,1-4,7-9,13H2/t16-/m1/s1. The number of anilines is 2. The fourth-order valence-electron chi connectivity index (χ4n) is 3.69. The van der Waals surface area contributed by atoms with Gasteiger partial charge in [0.05, 0.1) is 35.1 Å². The summed E-state index contributed by atoms with van der Waals surface area (Å²) in [6.07, 6.45) is 7.10. The predicted molar refractivity (Wildman–Crippen MR) is 106 cm³/mol. The maximum Gasteiger partial charge on any atom is 0.270 e. The summed E-state index contributed by atoms with van der Waals surface area (Å²) in [6, 6.07) is 3.84. The predicted octanol–water partition coefficient (Wildman–Crippen LogP) is 2.50. The molecule has 1 aromatic carbocycles. The van der Waals surface area contributed by atoms with E-state index in [1.54, 1.807) is 17.1 Å². The second kappa shape index (κ2) is 8.09. The topological polar surface area (TPSA) is 120 Å². The first-order valence-electron chi connectivity index (χ1n) is 9.63. The lowest BCUT2D eigenvalue weighted by molar-refractivity contribution is -0.385. The summed E-state index contributed by atoms with van der Waals surface area (Å²) < 4.78 is 34.9. The molecule has 4 rings (SSSR count). The van der Waals surface area contributed by atoms with Crippen molar-refractivity contribution >= 4 is 27.1 Å². The minimum Gasteiger partial charge on any atom is -0.376 e. The Bertz CT molecular complexity index is 994. The first-order chi connectivity index (χ1) is 13.9. The van der Waals surface area contributed by atoms with E-state index >= 15 is 0 Å². The number of nitro groups is 1. The highest BCUT2D eigenvalue weighted by Crippen LogP contribution is 2.32. The Morgan fingerprint density at radius 1 is 1.28 bits per heavy atom. The lowest BCUT2D eigenvalue weighted by atomic mass is 10.2. The van der Waals surface area contributed by atoms with Gasteiger partial charge < -0.3 is 10.1 Å². The van der Waals surface area contributed by atoms with Crippen molar-refractivity contribution in [2.45, 2.75) is 43.2 Å². The molecule has 0 amide bonds. The third-order valence-corrected chi connectivity index (χ3v) is 7.12. The van der Waals surface area contributed by atoms with E-state index in [-0.39, 0.29) is 16.7 Å². The minimum absolute atomic E-state index is 0.0968. The fourth-order valence-corrected chi connectivity index (χ4v) is 5.37. The molecule has 0 spiro atoms. The Morgan fingerprint density at radius 3 is 2.76 bits per heavy atom. The molecule has 1 N–H and O–H groups in total. The number of rotatable bonds is 7. The second-order valence-electron chi connectivity index (χ2n) is 7.26. The van der Waals surface area contributed by atoms with E-state index in [4.69, 9.17) is 4.74 Å². The minimum atomic E-state index is -3.84. The molecular weight excluding hydrogens is 398 g/mol. The van der Waals surface area contributed by atoms with E-state index in [2.05, 4.69) is 10.4 Å². The van der Waals surface area contributed by atoms with Crippen LogP contribution < -0.4 is 5.32 Å². The quantitative estimate of drug-likeness (QED) is 0.539. The van der Waals surface area contributed by atoms with Gasteiger partial charge in [-0.05, 0) is 31.7 Å². The third kappa shape index (κ3) is 4.26. The van der Waals surface area contributed by atoms with Gasteiger partial charge in [0.25, 0.3) is 5.69 Å². The summed E-state index contributed by atoms with van der Waals surface area (Å²) in [5, 5.41) is 18.5. The van der Waals surface area contributed by atoms with Crippen molar-refractivity contribution in [1.29, 1.82) is 0 Å². The summed E-state index contributed by atoms with van der Waals surface area (Å²) in [4.78, 5) is 10.5. The van der Waals surface area contributed by atoms with E-state index in [0.29, 0.717) is 31.0 Å². The van der Waals surface area contributed by atoms with Crippen molar-refractivity contribution < 1.29 is 18.1 Å². The third-order valence-electron chi connectivity index (χ3n) is 5.19. The maximum atomic E-state index is 13.1. The highest BCUT2D eigenvalue weighted by atomic mass is 32.2. The molecule has 2 aliphatic rings. The van der Waals surface area contributed by atoms with Gasteiger partial charge in [0.2, 0.25) is 10.0 Å². The van der Waals surface area contributed by atoms with Crippen LogP contribution in [0.5, 0.6) is 0 Å². The number of aromatic nitrogens is 2. The van der Waals surface area contributed by atoms with Crippen molar-refractivity contribution in [1.82, 2.24) is 14.1 Å². The van der Waals surface area contributed by atoms with Crippen molar-refractivity contribution in [3.05, 3.63) is 40.7 Å². The molecule has 156 valence electrons. The first kappa shape index (κ1) is 19.8. The zero-order chi connectivity index (χ0) is 20.4. The number of nitro benzene ring substituents is 1. The monoisotopic (exact) mass is 421 g/mol. The van der Waals surface area contributed by atoms with Gasteiger partial charge in [0.15, 0.2) is 0 Å². The lowest BCUT2D eigenvalue weighted by Gasteiger charge is -2.18. The Labute approximate surface area is 168 Å². The van der Waals surface area contributed by atoms with Gasteiger partial charge in [-0.25, -0.2) is 8.42 Å². The van der Waals surface area contributed by atoms with Crippen LogP contribution in [0.3, 0.4) is 0 Å². The van der Waals surface area contributed by atoms with Gasteiger partial charge in [0, 0.05) is 38.0 Å². The van der Waals surface area contributed by atoms with Gasteiger partial charge >= 0.3 is 0 Å². The van der Waals surface area contributed by atoms with Gasteiger partial charge in [-0.3, -0.25) is 14.8 Å². The Balaban J connectivity index is 1.61. The van der Waals surface area contributed by atoms with E-state index in [9.17, 15) is 18.5 Å². The van der Waals surface area contributed by atoms with Crippen LogP contribution in [0.1, 0.15) is 25.7 Å². The highest BCUT2D eigenvalue weighted by molar-refractivity contribution is 7.89. The molecule has 0 bridgehead atoms. The van der Waals surface area contributed by atoms with Crippen molar-refractivity contribution in [3.63, 3.8) is 0 Å². The molecular formula is C18H23N5O5S. The zero-order valence-electron chi connectivity index (χ0n) is 15.9. The molecule has 29 heavy (non-hydrogen) atoms. The molecule has 0 saturated carbocycles. The average Bonchev–Trinajstić information content (AvgIpc) is 3.45. The zero-order valence-corrected chi connectivity index (χ0v) is 16.7. The Kier molecular flexibility index (Phi) is 5.52. The smallest absolute Gasteiger partial charge is 0.270 e. The van der Waals surface area contributed by atoms with Gasteiger partial charge in [-0.1, -0.05) is 0 Å². The number of benzene rings is 1. The molecule has 2 fully saturated rings. The van der Waals surface area contributed by atoms with Gasteiger partial charge in [-0.2, -0.15) is 9.40 Å². The van der Waals surface area contributed by atoms with Crippen LogP contribution in [-0.4, -0.2) is 53.2 Å². The van der Waals surface area contributed by atoms with E-state index in [1.807, 2.05) is 0 Å². The number of hydrogen-bond acceptors (Lipinski definition) is 7. The normalized spacial score (nSPS) is 20.2. The van der Waals surface area contributed by atoms with Crippen LogP contribution in [0.2, 0.25) is 0 Å². The Hall–Kier alpha value is -2.50. The number of nitrogens with one attached hydrogen (secondary N) is 1. The molecule has 0 aliphatic carbocycles. The molecule has 10 nitrogen and oxygen atoms in total. The van der Waals surface area contributed by atoms with E-state index in [0.717, 1.165) is 38.4 Å². The summed E-state index contributed by atoms with van der Waals surface area (Å²) in [5.74, 6) is 0. The van der Waals surface area contributed by atoms with Crippen LogP contribution in [0.4, 0.5) is 17.1 Å². The van der Waals surface area contributed by atoms with E-state index in [1.165, 1.54) is 16.4 Å². The highest BCUT2D eigenvalue weighted by Gasteiger charge is 2.31. The average molecular weight is 421 g/mol. The van der Waals surface area contributed by atoms with E-state index < -0.39 is 14.9 Å². The van der Waals surface area contributed by atoms with Crippen LogP contribution in [0.15, 0.2) is 35.5 Å². The Morgan fingerprint density at radius 2 is 2.07 bits per heavy atom. The van der Waals surface area contributed by atoms with Crippen LogP contribution in [-0.2, 0) is 21.3 Å². The molecule has 11 heteroatoms. The molecule has 1 atom stereocenters. The number of hydrogen-bond donors (Lipinski definition) is 1. The second-order valence-corrected chi connectivity index (χ2v) is 9.17. The van der Waals surface area contributed by atoms with Crippen molar-refractivity contribution in [2.75, 3.05) is 25.0 Å². The molecule has 2 aromatic rings. The summed E-state index contributed by atoms with van der Waals surface area (Å²) in [7, 11) is -3.84. The van der Waals surface area contributed by atoms with Crippen molar-refractivity contribution in [2.24, 2.45) is 0 Å². The number of sulfonamides is 1. The van der Waals surface area contributed by atoms with Gasteiger partial charge in [-0.15, -0.1) is 0 Å². The fraction of sp³-hybridized carbons (Fsp3) is 0.500. The van der Waals surface area contributed by atoms with Gasteiger partial charge in [0.1, 0.15) is 4.90 Å². The molecule has 2 saturated heterocycles. The maximum absolute atomic E-state index is 13.1. The molecule has 0 unspecified atom stereocenters. The summed E-state index contributed by atoms with van der Waals surface area (Å²) >= 11 is 0. The number of ether oxygens (including phenoxy) is 1. The molecule has 2 aliphatic heterocycles. The number of non-ortho nitro benzene ring substituents is 1. The van der Waals surface area contributed by atoms with Crippen molar-refractivity contribution in [3.8, 4) is 0 Å². The van der Waals surface area contributed by atoms with Crippen LogP contribution in [0.25, 0.3) is 0 Å². The first-order valence-corrected chi connectivity index (χ1v) is 11.1. The number of nitrogens with zero attached hydrogens (tertiary/aromatic N) is 4. The molecule has 1 aromatic heterocycles. The summed E-state index contributed by atoms with van der Waals surface area (Å²) in [5.41, 5.74) is 0.635. The SMILES string of the molecule is O=[N+]([O-])c1ccc(Nc2cnn(C[C@H]3CCCO3)c2)c(S(=O)(=O)N2CCCC2)c1. The molecule has 0 radical (unpaired) electrons.